The number of piperidine rings is 1. The lowest BCUT2D eigenvalue weighted by molar-refractivity contribution is 0.0635. The fraction of sp³-hybridized carbons (Fsp3) is 0.350. The summed E-state index contributed by atoms with van der Waals surface area (Å²) in [5, 5.41) is 0. The number of hydrogen-bond donors (Lipinski definition) is 0. The number of likely N-dealkylation sites (tertiary alicyclic amines) is 1. The molecular formula is C20H24N2O3S. The second kappa shape index (κ2) is 7.50. The third-order valence-electron chi connectivity index (χ3n) is 4.94. The van der Waals surface area contributed by atoms with Crippen molar-refractivity contribution < 1.29 is 13.2 Å². The van der Waals surface area contributed by atoms with E-state index in [2.05, 4.69) is 6.92 Å². The molecule has 1 atom stereocenters. The Bertz CT molecular complexity index is 864. The Morgan fingerprint density at radius 2 is 1.69 bits per heavy atom. The van der Waals surface area contributed by atoms with E-state index in [1.807, 2.05) is 11.0 Å². The van der Waals surface area contributed by atoms with Crippen LogP contribution in [0, 0.1) is 0 Å². The summed E-state index contributed by atoms with van der Waals surface area (Å²) in [6.07, 6.45) is 3.18. The van der Waals surface area contributed by atoms with Crippen molar-refractivity contribution in [1.29, 1.82) is 0 Å². The third-order valence-corrected chi connectivity index (χ3v) is 6.74. The number of carbonyl (C=O) groups is 1. The third kappa shape index (κ3) is 3.60. The summed E-state index contributed by atoms with van der Waals surface area (Å²) >= 11 is 0. The quantitative estimate of drug-likeness (QED) is 0.825. The number of anilines is 1. The van der Waals surface area contributed by atoms with Gasteiger partial charge in [0.25, 0.3) is 15.9 Å². The van der Waals surface area contributed by atoms with Gasteiger partial charge in [0.2, 0.25) is 0 Å². The molecule has 2 aromatic rings. The predicted molar refractivity (Wildman–Crippen MR) is 103 cm³/mol. The standard InChI is InChI=1S/C20H24N2O3S/c1-16-8-6-7-15-22(16)20(23)17-11-13-19(14-12-17)26(24,25)21(2)18-9-4-3-5-10-18/h3-5,9-14,16H,6-8,15H2,1-2H3. The summed E-state index contributed by atoms with van der Waals surface area (Å²) in [6.45, 7) is 2.82. The van der Waals surface area contributed by atoms with E-state index < -0.39 is 10.0 Å². The molecule has 1 heterocycles. The topological polar surface area (TPSA) is 57.7 Å². The molecule has 0 spiro atoms. The Balaban J connectivity index is 1.81. The van der Waals surface area contributed by atoms with E-state index in [0.29, 0.717) is 11.3 Å². The van der Waals surface area contributed by atoms with Gasteiger partial charge in [-0.15, -0.1) is 0 Å². The summed E-state index contributed by atoms with van der Waals surface area (Å²) in [4.78, 5) is 14.7. The van der Waals surface area contributed by atoms with Crippen LogP contribution in [-0.2, 0) is 10.0 Å². The molecule has 1 aliphatic heterocycles. The van der Waals surface area contributed by atoms with Crippen LogP contribution in [0.25, 0.3) is 0 Å². The molecular weight excluding hydrogens is 348 g/mol. The molecule has 1 saturated heterocycles. The van der Waals surface area contributed by atoms with E-state index in [0.717, 1.165) is 25.8 Å². The first-order chi connectivity index (χ1) is 12.4. The second-order valence-electron chi connectivity index (χ2n) is 6.68. The van der Waals surface area contributed by atoms with Crippen molar-refractivity contribution in [3.63, 3.8) is 0 Å². The zero-order valence-corrected chi connectivity index (χ0v) is 15.9. The predicted octanol–water partition coefficient (Wildman–Crippen LogP) is 3.53. The maximum atomic E-state index is 12.8. The average Bonchev–Trinajstić information content (AvgIpc) is 2.68. The van der Waals surface area contributed by atoms with E-state index in [9.17, 15) is 13.2 Å². The van der Waals surface area contributed by atoms with Crippen molar-refractivity contribution in [2.24, 2.45) is 0 Å². The lowest BCUT2D eigenvalue weighted by Gasteiger charge is -2.33. The fourth-order valence-corrected chi connectivity index (χ4v) is 4.47. The Kier molecular flexibility index (Phi) is 5.32. The first kappa shape index (κ1) is 18.5. The minimum absolute atomic E-state index is 0.0300. The first-order valence-corrected chi connectivity index (χ1v) is 10.3. The molecule has 0 N–H and O–H groups in total. The molecule has 1 aliphatic rings. The van der Waals surface area contributed by atoms with E-state index in [1.54, 1.807) is 36.4 Å². The van der Waals surface area contributed by atoms with E-state index >= 15 is 0 Å². The lowest BCUT2D eigenvalue weighted by atomic mass is 10.0. The first-order valence-electron chi connectivity index (χ1n) is 8.86. The van der Waals surface area contributed by atoms with Gasteiger partial charge in [-0.3, -0.25) is 9.10 Å². The Morgan fingerprint density at radius 1 is 1.04 bits per heavy atom. The molecule has 0 saturated carbocycles. The second-order valence-corrected chi connectivity index (χ2v) is 8.65. The SMILES string of the molecule is CC1CCCCN1C(=O)c1ccc(S(=O)(=O)N(C)c2ccccc2)cc1. The minimum atomic E-state index is -3.66. The smallest absolute Gasteiger partial charge is 0.264 e. The van der Waals surface area contributed by atoms with Crippen molar-refractivity contribution in [1.82, 2.24) is 4.90 Å². The van der Waals surface area contributed by atoms with Crippen LogP contribution in [-0.4, -0.2) is 38.9 Å². The fourth-order valence-electron chi connectivity index (χ4n) is 3.27. The number of sulfonamides is 1. The van der Waals surface area contributed by atoms with Gasteiger partial charge in [-0.1, -0.05) is 18.2 Å². The van der Waals surface area contributed by atoms with Gasteiger partial charge in [0.1, 0.15) is 0 Å². The zero-order valence-electron chi connectivity index (χ0n) is 15.1. The molecule has 2 aromatic carbocycles. The Hall–Kier alpha value is -2.34. The van der Waals surface area contributed by atoms with Gasteiger partial charge in [0.05, 0.1) is 10.6 Å². The molecule has 0 aromatic heterocycles. The van der Waals surface area contributed by atoms with Gasteiger partial charge in [-0.05, 0) is 62.6 Å². The van der Waals surface area contributed by atoms with Crippen molar-refractivity contribution in [2.75, 3.05) is 17.9 Å². The lowest BCUT2D eigenvalue weighted by Crippen LogP contribution is -2.42. The van der Waals surface area contributed by atoms with E-state index in [1.165, 1.54) is 23.5 Å². The van der Waals surface area contributed by atoms with Crippen LogP contribution < -0.4 is 4.31 Å². The van der Waals surface area contributed by atoms with Gasteiger partial charge in [-0.25, -0.2) is 8.42 Å². The molecule has 0 bridgehead atoms. The highest BCUT2D eigenvalue weighted by atomic mass is 32.2. The molecule has 5 nitrogen and oxygen atoms in total. The highest BCUT2D eigenvalue weighted by molar-refractivity contribution is 7.92. The number of rotatable bonds is 4. The molecule has 6 heteroatoms. The number of hydrogen-bond acceptors (Lipinski definition) is 3. The molecule has 1 amide bonds. The van der Waals surface area contributed by atoms with Crippen LogP contribution in [0.5, 0.6) is 0 Å². The molecule has 1 fully saturated rings. The van der Waals surface area contributed by atoms with Crippen LogP contribution in [0.3, 0.4) is 0 Å². The van der Waals surface area contributed by atoms with Crippen molar-refractivity contribution in [3.05, 3.63) is 60.2 Å². The maximum absolute atomic E-state index is 12.8. The van der Waals surface area contributed by atoms with Crippen LogP contribution in [0.15, 0.2) is 59.5 Å². The highest BCUT2D eigenvalue weighted by Crippen LogP contribution is 2.23. The largest absolute Gasteiger partial charge is 0.336 e. The minimum Gasteiger partial charge on any atom is -0.336 e. The number of para-hydroxylation sites is 1. The monoisotopic (exact) mass is 372 g/mol. The van der Waals surface area contributed by atoms with Gasteiger partial charge in [0, 0.05) is 25.2 Å². The van der Waals surface area contributed by atoms with E-state index in [-0.39, 0.29) is 16.8 Å². The molecule has 0 aliphatic carbocycles. The number of nitrogens with zero attached hydrogens (tertiary/aromatic N) is 2. The van der Waals surface area contributed by atoms with Crippen molar-refractivity contribution >= 4 is 21.6 Å². The average molecular weight is 372 g/mol. The summed E-state index contributed by atoms with van der Waals surface area (Å²) in [5.41, 5.74) is 1.12. The summed E-state index contributed by atoms with van der Waals surface area (Å²) in [7, 11) is -2.13. The van der Waals surface area contributed by atoms with Crippen molar-refractivity contribution in [2.45, 2.75) is 37.1 Å². The molecule has 0 radical (unpaired) electrons. The van der Waals surface area contributed by atoms with Gasteiger partial charge in [0.15, 0.2) is 0 Å². The maximum Gasteiger partial charge on any atom is 0.264 e. The van der Waals surface area contributed by atoms with Gasteiger partial charge >= 0.3 is 0 Å². The number of benzene rings is 2. The Morgan fingerprint density at radius 3 is 2.31 bits per heavy atom. The van der Waals surface area contributed by atoms with Crippen LogP contribution in [0.4, 0.5) is 5.69 Å². The van der Waals surface area contributed by atoms with Crippen LogP contribution >= 0.6 is 0 Å². The molecule has 138 valence electrons. The normalized spacial score (nSPS) is 17.8. The summed E-state index contributed by atoms with van der Waals surface area (Å²) < 4.78 is 26.8. The van der Waals surface area contributed by atoms with Gasteiger partial charge < -0.3 is 4.90 Å². The van der Waals surface area contributed by atoms with Crippen molar-refractivity contribution in [3.8, 4) is 0 Å². The zero-order chi connectivity index (χ0) is 18.7. The van der Waals surface area contributed by atoms with E-state index in [4.69, 9.17) is 0 Å². The highest BCUT2D eigenvalue weighted by Gasteiger charge is 2.25. The molecule has 3 rings (SSSR count). The van der Waals surface area contributed by atoms with Crippen LogP contribution in [0.2, 0.25) is 0 Å². The summed E-state index contributed by atoms with van der Waals surface area (Å²) in [5.74, 6) is -0.0300. The molecule has 26 heavy (non-hydrogen) atoms. The molecule has 1 unspecified atom stereocenters. The van der Waals surface area contributed by atoms with Gasteiger partial charge in [-0.2, -0.15) is 0 Å². The Labute approximate surface area is 155 Å². The summed E-state index contributed by atoms with van der Waals surface area (Å²) in [6, 6.07) is 15.4. The van der Waals surface area contributed by atoms with Crippen LogP contribution in [0.1, 0.15) is 36.5 Å². The number of carbonyl (C=O) groups excluding carboxylic acids is 1. The number of amides is 1.